The highest BCUT2D eigenvalue weighted by molar-refractivity contribution is 6.99. The third-order valence-corrected chi connectivity index (χ3v) is 10.9. The van der Waals surface area contributed by atoms with Gasteiger partial charge < -0.3 is 14.5 Å². The third-order valence-electron chi connectivity index (χ3n) is 5.67. The van der Waals surface area contributed by atoms with E-state index in [4.69, 9.17) is 16.0 Å². The fourth-order valence-electron chi connectivity index (χ4n) is 4.14. The highest BCUT2D eigenvalue weighted by Crippen LogP contribution is 2.37. The lowest BCUT2D eigenvalue weighted by molar-refractivity contribution is -0.152. The van der Waals surface area contributed by atoms with E-state index in [2.05, 4.69) is 55.1 Å². The number of carbonyl (C=O) groups excluding carboxylic acids is 2. The van der Waals surface area contributed by atoms with Gasteiger partial charge in [-0.05, 0) is 40.0 Å². The number of halogens is 2. The number of hydrogen-bond donors (Lipinski definition) is 1. The van der Waals surface area contributed by atoms with Gasteiger partial charge in [-0.1, -0.05) is 93.0 Å². The molecule has 0 spiro atoms. The largest absolute Gasteiger partial charge is 0.459 e. The molecule has 0 aliphatic rings. The van der Waals surface area contributed by atoms with Crippen molar-refractivity contribution in [2.45, 2.75) is 39.3 Å². The fraction of sp³-hybridized carbons (Fsp3) is 0.259. The number of amides is 1. The number of nitrogens with one attached hydrogen (secondary N) is 1. The van der Waals surface area contributed by atoms with E-state index in [1.165, 1.54) is 12.1 Å². The SMILES string of the molecule is CCOC(=O)C(=O)Nc1cc(CO[Si](c2ccccc2)(c2ccccc2)C(C)(C)C)cc(Cl)c1F. The van der Waals surface area contributed by atoms with E-state index in [0.717, 1.165) is 10.4 Å². The second kappa shape index (κ2) is 11.2. The molecule has 3 aromatic rings. The van der Waals surface area contributed by atoms with Crippen molar-refractivity contribution >= 4 is 47.9 Å². The van der Waals surface area contributed by atoms with Crippen LogP contribution in [0.25, 0.3) is 0 Å². The van der Waals surface area contributed by atoms with Crippen LogP contribution < -0.4 is 15.7 Å². The maximum atomic E-state index is 14.7. The van der Waals surface area contributed by atoms with Crippen molar-refractivity contribution in [3.05, 3.63) is 89.2 Å². The minimum absolute atomic E-state index is 0.0296. The van der Waals surface area contributed by atoms with E-state index in [0.29, 0.717) is 5.56 Å². The predicted molar refractivity (Wildman–Crippen MR) is 139 cm³/mol. The standard InChI is InChI=1S/C27H29ClFNO4Si/c1-5-33-26(32)25(31)30-23-17-19(16-22(28)24(23)29)18-34-35(27(2,3)4,20-12-8-6-9-13-20)21-14-10-7-11-15-21/h6-17H,5,18H2,1-4H3,(H,30,31). The smallest absolute Gasteiger partial charge is 0.397 e. The minimum Gasteiger partial charge on any atom is -0.459 e. The number of anilines is 1. The maximum absolute atomic E-state index is 14.7. The number of ether oxygens (including phenoxy) is 1. The average Bonchev–Trinajstić information content (AvgIpc) is 2.83. The molecule has 0 fully saturated rings. The van der Waals surface area contributed by atoms with Gasteiger partial charge in [0.25, 0.3) is 8.32 Å². The summed E-state index contributed by atoms with van der Waals surface area (Å²) in [7, 11) is -2.84. The summed E-state index contributed by atoms with van der Waals surface area (Å²) in [6.07, 6.45) is 0. The number of esters is 1. The van der Waals surface area contributed by atoms with E-state index < -0.39 is 26.0 Å². The Morgan fingerprint density at radius 3 is 2.00 bits per heavy atom. The third kappa shape index (κ3) is 5.81. The monoisotopic (exact) mass is 513 g/mol. The lowest BCUT2D eigenvalue weighted by Crippen LogP contribution is -2.66. The van der Waals surface area contributed by atoms with Crippen LogP contribution in [-0.4, -0.2) is 26.8 Å². The molecule has 5 nitrogen and oxygen atoms in total. The fourth-order valence-corrected chi connectivity index (χ4v) is 8.92. The first kappa shape index (κ1) is 26.6. The second-order valence-electron chi connectivity index (χ2n) is 9.07. The van der Waals surface area contributed by atoms with Crippen LogP contribution in [-0.2, 0) is 25.4 Å². The van der Waals surface area contributed by atoms with E-state index in [-0.39, 0.29) is 29.0 Å². The van der Waals surface area contributed by atoms with Crippen LogP contribution in [0.15, 0.2) is 72.8 Å². The van der Waals surface area contributed by atoms with Crippen LogP contribution in [0.2, 0.25) is 10.1 Å². The van der Waals surface area contributed by atoms with Gasteiger partial charge >= 0.3 is 11.9 Å². The van der Waals surface area contributed by atoms with Gasteiger partial charge in [0.2, 0.25) is 0 Å². The summed E-state index contributed by atoms with van der Waals surface area (Å²) >= 11 is 6.13. The summed E-state index contributed by atoms with van der Waals surface area (Å²) < 4.78 is 26.2. The quantitative estimate of drug-likeness (QED) is 0.272. The van der Waals surface area contributed by atoms with Crippen LogP contribution in [0.5, 0.6) is 0 Å². The van der Waals surface area contributed by atoms with E-state index >= 15 is 0 Å². The van der Waals surface area contributed by atoms with Crippen molar-refractivity contribution in [1.29, 1.82) is 0 Å². The Labute approximate surface area is 211 Å². The van der Waals surface area contributed by atoms with Crippen molar-refractivity contribution in [3.63, 3.8) is 0 Å². The molecule has 0 saturated carbocycles. The molecule has 3 rings (SSSR count). The first-order valence-electron chi connectivity index (χ1n) is 11.3. The van der Waals surface area contributed by atoms with Crippen LogP contribution in [0, 0.1) is 5.82 Å². The molecule has 0 aliphatic carbocycles. The molecule has 0 bridgehead atoms. The van der Waals surface area contributed by atoms with Crippen molar-refractivity contribution in [2.75, 3.05) is 11.9 Å². The summed E-state index contributed by atoms with van der Waals surface area (Å²) in [5, 5.41) is 4.01. The van der Waals surface area contributed by atoms with Gasteiger partial charge in [0, 0.05) is 0 Å². The average molecular weight is 514 g/mol. The van der Waals surface area contributed by atoms with E-state index in [1.807, 2.05) is 36.4 Å². The van der Waals surface area contributed by atoms with Crippen LogP contribution in [0.3, 0.4) is 0 Å². The van der Waals surface area contributed by atoms with Gasteiger partial charge in [-0.25, -0.2) is 9.18 Å². The molecule has 0 aliphatic heterocycles. The second-order valence-corrected chi connectivity index (χ2v) is 13.8. The number of rotatable bonds is 7. The zero-order valence-corrected chi connectivity index (χ0v) is 22.0. The Kier molecular flexibility index (Phi) is 8.48. The Balaban J connectivity index is 2.01. The molecule has 0 unspecified atom stereocenters. The lowest BCUT2D eigenvalue weighted by atomic mass is 10.2. The normalized spacial score (nSPS) is 11.7. The highest BCUT2D eigenvalue weighted by atomic mass is 35.5. The topological polar surface area (TPSA) is 64.6 Å². The van der Waals surface area contributed by atoms with Crippen molar-refractivity contribution < 1.29 is 23.1 Å². The van der Waals surface area contributed by atoms with Crippen molar-refractivity contribution in [1.82, 2.24) is 0 Å². The zero-order chi connectivity index (χ0) is 25.6. The summed E-state index contributed by atoms with van der Waals surface area (Å²) in [5.41, 5.74) is 0.347. The van der Waals surface area contributed by atoms with Gasteiger partial charge in [-0.15, -0.1) is 0 Å². The first-order valence-corrected chi connectivity index (χ1v) is 13.6. The molecule has 0 aromatic heterocycles. The molecule has 1 amide bonds. The maximum Gasteiger partial charge on any atom is 0.397 e. The summed E-state index contributed by atoms with van der Waals surface area (Å²) in [5.74, 6) is -3.01. The van der Waals surface area contributed by atoms with Crippen LogP contribution in [0.1, 0.15) is 33.3 Å². The van der Waals surface area contributed by atoms with E-state index in [9.17, 15) is 14.0 Å². The molecule has 0 radical (unpaired) electrons. The molecule has 0 heterocycles. The summed E-state index contributed by atoms with van der Waals surface area (Å²) in [6, 6.07) is 23.1. The molecular formula is C27H29ClFNO4Si. The summed E-state index contributed by atoms with van der Waals surface area (Å²) in [6.45, 7) is 8.19. The van der Waals surface area contributed by atoms with Crippen molar-refractivity contribution in [3.8, 4) is 0 Å². The molecular weight excluding hydrogens is 485 g/mol. The molecule has 1 N–H and O–H groups in total. The van der Waals surface area contributed by atoms with Crippen molar-refractivity contribution in [2.24, 2.45) is 0 Å². The molecule has 3 aromatic carbocycles. The van der Waals surface area contributed by atoms with Gasteiger partial charge in [0.05, 0.1) is 23.9 Å². The molecule has 8 heteroatoms. The molecule has 184 valence electrons. The zero-order valence-electron chi connectivity index (χ0n) is 20.2. The predicted octanol–water partition coefficient (Wildman–Crippen LogP) is 5.06. The van der Waals surface area contributed by atoms with Gasteiger partial charge in [0.1, 0.15) is 0 Å². The van der Waals surface area contributed by atoms with Gasteiger partial charge in [0.15, 0.2) is 5.82 Å². The minimum atomic E-state index is -2.84. The molecule has 0 saturated heterocycles. The number of hydrogen-bond acceptors (Lipinski definition) is 4. The first-order chi connectivity index (χ1) is 16.6. The van der Waals surface area contributed by atoms with Gasteiger partial charge in [-0.2, -0.15) is 0 Å². The Bertz CT molecular complexity index is 1140. The highest BCUT2D eigenvalue weighted by Gasteiger charge is 2.50. The van der Waals surface area contributed by atoms with Crippen LogP contribution >= 0.6 is 11.6 Å². The Hall–Kier alpha value is -3.00. The molecule has 35 heavy (non-hydrogen) atoms. The van der Waals surface area contributed by atoms with Gasteiger partial charge in [-0.3, -0.25) is 4.79 Å². The summed E-state index contributed by atoms with van der Waals surface area (Å²) in [4.78, 5) is 23.8. The lowest BCUT2D eigenvalue weighted by Gasteiger charge is -2.43. The van der Waals surface area contributed by atoms with E-state index in [1.54, 1.807) is 6.92 Å². The Morgan fingerprint density at radius 2 is 1.51 bits per heavy atom. The number of carbonyl (C=O) groups is 2. The van der Waals surface area contributed by atoms with Crippen LogP contribution in [0.4, 0.5) is 10.1 Å². The Morgan fingerprint density at radius 1 is 0.971 bits per heavy atom. The molecule has 0 atom stereocenters. The number of benzene rings is 3.